The topological polar surface area (TPSA) is 63.3 Å². The summed E-state index contributed by atoms with van der Waals surface area (Å²) in [6.45, 7) is 3.33. The van der Waals surface area contributed by atoms with Crippen molar-refractivity contribution in [2.45, 2.75) is 26.3 Å². The van der Waals surface area contributed by atoms with Gasteiger partial charge in [-0.3, -0.25) is 4.79 Å². The lowest BCUT2D eigenvalue weighted by Crippen LogP contribution is -2.31. The standard InChI is InChI=1S/C6H13NO2/c1-4(2)3-5(7)6(8)9/h4-5H,3,7H2,1-2H3,(H,8,9)/t5-/m0/s1/i3D,5D/t3-,5-. The molecule has 0 spiro atoms. The molecule has 0 amide bonds. The summed E-state index contributed by atoms with van der Waals surface area (Å²) in [4.78, 5) is 10.3. The molecular formula is C6H13NO2. The Morgan fingerprint density at radius 3 is 2.56 bits per heavy atom. The summed E-state index contributed by atoms with van der Waals surface area (Å²) >= 11 is 0. The van der Waals surface area contributed by atoms with Crippen LogP contribution in [0.3, 0.4) is 0 Å². The van der Waals surface area contributed by atoms with Crippen molar-refractivity contribution in [1.29, 1.82) is 0 Å². The van der Waals surface area contributed by atoms with Gasteiger partial charge in [-0.1, -0.05) is 13.8 Å². The number of carbonyl (C=O) groups is 1. The Labute approximate surface area is 57.7 Å². The number of nitrogens with two attached hydrogens (primary N) is 1. The number of hydrogen-bond acceptors (Lipinski definition) is 2. The molecule has 0 saturated heterocycles. The molecule has 0 saturated carbocycles. The summed E-state index contributed by atoms with van der Waals surface area (Å²) in [5, 5.41) is 8.43. The maximum atomic E-state index is 10.3. The molecule has 0 aromatic heterocycles. The lowest BCUT2D eigenvalue weighted by Gasteiger charge is -2.07. The van der Waals surface area contributed by atoms with Crippen LogP contribution in [-0.2, 0) is 4.79 Å². The average molecular weight is 133 g/mol. The van der Waals surface area contributed by atoms with Crippen LogP contribution >= 0.6 is 0 Å². The molecule has 3 heteroatoms. The van der Waals surface area contributed by atoms with E-state index in [1.165, 1.54) is 0 Å². The molecule has 0 rings (SSSR count). The van der Waals surface area contributed by atoms with Gasteiger partial charge in [0.05, 0.1) is 1.37 Å². The zero-order chi connectivity index (χ0) is 9.23. The van der Waals surface area contributed by atoms with Crippen LogP contribution < -0.4 is 5.73 Å². The van der Waals surface area contributed by atoms with Gasteiger partial charge < -0.3 is 10.8 Å². The maximum absolute atomic E-state index is 10.3. The van der Waals surface area contributed by atoms with Gasteiger partial charge in [0.25, 0.3) is 0 Å². The Balaban J connectivity index is 4.42. The van der Waals surface area contributed by atoms with Gasteiger partial charge in [0, 0.05) is 1.37 Å². The summed E-state index contributed by atoms with van der Waals surface area (Å²) in [6.07, 6.45) is -1.10. The third-order valence-corrected chi connectivity index (χ3v) is 0.760. The van der Waals surface area contributed by atoms with Crippen molar-refractivity contribution in [2.24, 2.45) is 11.7 Å². The van der Waals surface area contributed by atoms with E-state index >= 15 is 0 Å². The number of carboxylic acid groups (broad SMARTS) is 1. The fraction of sp³-hybridized carbons (Fsp3) is 0.833. The van der Waals surface area contributed by atoms with Gasteiger partial charge in [-0.25, -0.2) is 0 Å². The Morgan fingerprint density at radius 2 is 2.44 bits per heavy atom. The minimum atomic E-state index is -2.19. The van der Waals surface area contributed by atoms with Gasteiger partial charge in [-0.05, 0) is 12.3 Å². The molecule has 54 valence electrons. The smallest absolute Gasteiger partial charge is 0.320 e. The molecule has 0 unspecified atom stereocenters. The average Bonchev–Trinajstić information content (AvgIpc) is 1.85. The van der Waals surface area contributed by atoms with Crippen molar-refractivity contribution in [3.63, 3.8) is 0 Å². The molecule has 9 heavy (non-hydrogen) atoms. The summed E-state index contributed by atoms with van der Waals surface area (Å²) in [7, 11) is 0. The molecule has 2 atom stereocenters. The summed E-state index contributed by atoms with van der Waals surface area (Å²) in [6, 6.07) is -2.19. The summed E-state index contributed by atoms with van der Waals surface area (Å²) in [5.41, 5.74) is 5.08. The highest BCUT2D eigenvalue weighted by molar-refractivity contribution is 5.72. The molecule has 0 bridgehead atoms. The van der Waals surface area contributed by atoms with Crippen molar-refractivity contribution in [2.75, 3.05) is 0 Å². The highest BCUT2D eigenvalue weighted by Gasteiger charge is 2.11. The van der Waals surface area contributed by atoms with E-state index in [0.717, 1.165) is 0 Å². The molecular weight excluding hydrogens is 118 g/mol. The first-order chi connectivity index (χ1) is 4.80. The number of carboxylic acids is 1. The minimum absolute atomic E-state index is 0.228. The molecule has 0 aliphatic heterocycles. The van der Waals surface area contributed by atoms with Gasteiger partial charge >= 0.3 is 5.97 Å². The lowest BCUT2D eigenvalue weighted by molar-refractivity contribution is -0.138. The highest BCUT2D eigenvalue weighted by atomic mass is 16.4. The van der Waals surface area contributed by atoms with E-state index in [0.29, 0.717) is 0 Å². The fourth-order valence-corrected chi connectivity index (χ4v) is 0.430. The van der Waals surface area contributed by atoms with Crippen LogP contribution in [0.4, 0.5) is 0 Å². The zero-order valence-electron chi connectivity index (χ0n) is 7.59. The highest BCUT2D eigenvalue weighted by Crippen LogP contribution is 2.01. The molecule has 0 fully saturated rings. The maximum Gasteiger partial charge on any atom is 0.320 e. The van der Waals surface area contributed by atoms with E-state index in [1.54, 1.807) is 13.8 Å². The second-order valence-corrected chi connectivity index (χ2v) is 2.17. The second-order valence-electron chi connectivity index (χ2n) is 2.17. The first-order valence-corrected chi connectivity index (χ1v) is 2.74. The Bertz CT molecular complexity index is 159. The van der Waals surface area contributed by atoms with Crippen molar-refractivity contribution < 1.29 is 12.6 Å². The molecule has 0 heterocycles. The van der Waals surface area contributed by atoms with E-state index in [9.17, 15) is 4.79 Å². The molecule has 3 nitrogen and oxygen atoms in total. The van der Waals surface area contributed by atoms with Gasteiger partial charge in [0.2, 0.25) is 0 Å². The van der Waals surface area contributed by atoms with Crippen molar-refractivity contribution in [3.05, 3.63) is 0 Å². The molecule has 0 aromatic carbocycles. The van der Waals surface area contributed by atoms with Crippen LogP contribution in [0, 0.1) is 5.92 Å². The first-order valence-electron chi connectivity index (χ1n) is 3.82. The van der Waals surface area contributed by atoms with Gasteiger partial charge in [0.15, 0.2) is 0 Å². The third kappa shape index (κ3) is 3.97. The minimum Gasteiger partial charge on any atom is -0.480 e. The monoisotopic (exact) mass is 133 g/mol. The molecule has 0 aliphatic carbocycles. The van der Waals surface area contributed by atoms with E-state index in [1.807, 2.05) is 0 Å². The van der Waals surface area contributed by atoms with E-state index in [2.05, 4.69) is 0 Å². The quantitative estimate of drug-likeness (QED) is 0.587. The van der Waals surface area contributed by atoms with Crippen molar-refractivity contribution in [1.82, 2.24) is 0 Å². The Hall–Kier alpha value is -0.570. The number of rotatable bonds is 3. The van der Waals surface area contributed by atoms with Crippen LogP contribution in [0.25, 0.3) is 0 Å². The van der Waals surface area contributed by atoms with Gasteiger partial charge in [-0.15, -0.1) is 0 Å². The number of aliphatic carboxylic acids is 1. The van der Waals surface area contributed by atoms with Crippen molar-refractivity contribution >= 4 is 5.97 Å². The van der Waals surface area contributed by atoms with Gasteiger partial charge in [-0.2, -0.15) is 0 Å². The lowest BCUT2D eigenvalue weighted by atomic mass is 10.1. The molecule has 0 radical (unpaired) electrons. The largest absolute Gasteiger partial charge is 0.480 e. The van der Waals surface area contributed by atoms with Crippen LogP contribution in [0.1, 0.15) is 23.0 Å². The Kier molecular flexibility index (Phi) is 2.01. The van der Waals surface area contributed by atoms with Crippen LogP contribution in [0.15, 0.2) is 0 Å². The van der Waals surface area contributed by atoms with Crippen LogP contribution in [-0.4, -0.2) is 17.1 Å². The van der Waals surface area contributed by atoms with Gasteiger partial charge in [0.1, 0.15) is 6.02 Å². The predicted molar refractivity (Wildman–Crippen MR) is 35.1 cm³/mol. The summed E-state index contributed by atoms with van der Waals surface area (Å²) < 4.78 is 14.4. The van der Waals surface area contributed by atoms with Crippen molar-refractivity contribution in [3.8, 4) is 0 Å². The first kappa shape index (κ1) is 5.23. The SMILES string of the molecule is [2H][C@@H](C(C)C)[C@]([2H])(N)C(=O)O. The Morgan fingerprint density at radius 1 is 2.00 bits per heavy atom. The molecule has 0 aromatic rings. The van der Waals surface area contributed by atoms with E-state index in [-0.39, 0.29) is 5.92 Å². The van der Waals surface area contributed by atoms with Crippen LogP contribution in [0.2, 0.25) is 0 Å². The van der Waals surface area contributed by atoms with E-state index in [4.69, 9.17) is 13.6 Å². The second kappa shape index (κ2) is 3.45. The predicted octanol–water partition coefficient (Wildman–Crippen LogP) is 0.444. The number of hydrogen-bond donors (Lipinski definition) is 2. The molecule has 3 N–H and O–H groups in total. The third-order valence-electron chi connectivity index (χ3n) is 0.760. The van der Waals surface area contributed by atoms with Crippen LogP contribution in [0.5, 0.6) is 0 Å². The molecule has 0 aliphatic rings. The van der Waals surface area contributed by atoms with E-state index < -0.39 is 18.4 Å². The fourth-order valence-electron chi connectivity index (χ4n) is 0.430. The zero-order valence-corrected chi connectivity index (χ0v) is 5.59. The normalized spacial score (nSPS) is 24.0. The summed E-state index contributed by atoms with van der Waals surface area (Å²) in [5.74, 6) is -1.68.